The average molecular weight is 289 g/mol. The van der Waals surface area contributed by atoms with Gasteiger partial charge in [0.05, 0.1) is 13.0 Å². The Morgan fingerprint density at radius 3 is 3.15 bits per heavy atom. The fourth-order valence-electron chi connectivity index (χ4n) is 2.25. The van der Waals surface area contributed by atoms with E-state index in [1.54, 1.807) is 29.7 Å². The number of thiophene rings is 1. The van der Waals surface area contributed by atoms with Crippen molar-refractivity contribution in [1.29, 1.82) is 0 Å². The molecule has 0 bridgehead atoms. The number of hydrogen-bond donors (Lipinski definition) is 0. The van der Waals surface area contributed by atoms with Crippen LogP contribution in [-0.4, -0.2) is 40.2 Å². The summed E-state index contributed by atoms with van der Waals surface area (Å²) in [5.41, 5.74) is 0. The smallest absolute Gasteiger partial charge is 0.233 e. The summed E-state index contributed by atoms with van der Waals surface area (Å²) in [7, 11) is 0. The minimum Gasteiger partial charge on any atom is -0.471 e. The van der Waals surface area contributed by atoms with Crippen LogP contribution in [0.1, 0.15) is 11.3 Å². The minimum absolute atomic E-state index is 0.0129. The molecule has 1 atom stereocenters. The van der Waals surface area contributed by atoms with Crippen molar-refractivity contribution < 1.29 is 9.53 Å². The highest BCUT2D eigenvalue weighted by Crippen LogP contribution is 2.18. The van der Waals surface area contributed by atoms with Crippen LogP contribution in [0.25, 0.3) is 0 Å². The highest BCUT2D eigenvalue weighted by Gasteiger charge is 2.27. The van der Waals surface area contributed by atoms with E-state index in [1.807, 2.05) is 22.4 Å². The first-order valence-electron chi connectivity index (χ1n) is 6.56. The lowest BCUT2D eigenvalue weighted by atomic mass is 10.3. The zero-order valence-electron chi connectivity index (χ0n) is 10.9. The molecule has 0 aliphatic carbocycles. The van der Waals surface area contributed by atoms with Gasteiger partial charge in [-0.1, -0.05) is 6.07 Å². The largest absolute Gasteiger partial charge is 0.471 e. The quantitative estimate of drug-likeness (QED) is 0.860. The second kappa shape index (κ2) is 6.00. The van der Waals surface area contributed by atoms with Crippen molar-refractivity contribution in [1.82, 2.24) is 15.1 Å². The Labute approximate surface area is 121 Å². The minimum atomic E-state index is 0.0129. The summed E-state index contributed by atoms with van der Waals surface area (Å²) in [6.45, 7) is 1.37. The van der Waals surface area contributed by atoms with Crippen LogP contribution in [0.4, 0.5) is 0 Å². The standard InChI is InChI=1S/C14H15N3O2S/c18-14(9-12-3-2-8-20-12)17-7-5-11(10-17)19-13-4-1-6-15-16-13/h1-4,6,8,11H,5,7,9-10H2/t11-/m0/s1. The van der Waals surface area contributed by atoms with E-state index >= 15 is 0 Å². The summed E-state index contributed by atoms with van der Waals surface area (Å²) < 4.78 is 5.73. The van der Waals surface area contributed by atoms with E-state index in [4.69, 9.17) is 4.74 Å². The topological polar surface area (TPSA) is 55.3 Å². The van der Waals surface area contributed by atoms with E-state index in [2.05, 4.69) is 10.2 Å². The number of ether oxygens (including phenoxy) is 1. The lowest BCUT2D eigenvalue weighted by Gasteiger charge is -2.16. The fourth-order valence-corrected chi connectivity index (χ4v) is 2.94. The van der Waals surface area contributed by atoms with E-state index in [0.29, 0.717) is 18.8 Å². The van der Waals surface area contributed by atoms with Gasteiger partial charge in [-0.05, 0) is 17.5 Å². The van der Waals surface area contributed by atoms with Gasteiger partial charge < -0.3 is 9.64 Å². The lowest BCUT2D eigenvalue weighted by molar-refractivity contribution is -0.129. The first-order chi connectivity index (χ1) is 9.81. The molecule has 0 spiro atoms. The molecular formula is C14H15N3O2S. The molecule has 0 saturated carbocycles. The number of amides is 1. The molecule has 1 saturated heterocycles. The number of carbonyl (C=O) groups is 1. The number of likely N-dealkylation sites (tertiary alicyclic amines) is 1. The Morgan fingerprint density at radius 2 is 2.40 bits per heavy atom. The van der Waals surface area contributed by atoms with Crippen molar-refractivity contribution in [3.63, 3.8) is 0 Å². The molecule has 3 heterocycles. The van der Waals surface area contributed by atoms with Crippen molar-refractivity contribution in [3.8, 4) is 5.88 Å². The van der Waals surface area contributed by atoms with Crippen LogP contribution < -0.4 is 4.74 Å². The van der Waals surface area contributed by atoms with Gasteiger partial charge in [0.25, 0.3) is 0 Å². The van der Waals surface area contributed by atoms with Gasteiger partial charge in [-0.2, -0.15) is 5.10 Å². The molecular weight excluding hydrogens is 274 g/mol. The van der Waals surface area contributed by atoms with Gasteiger partial charge in [-0.15, -0.1) is 16.4 Å². The molecule has 1 amide bonds. The SMILES string of the molecule is O=C(Cc1cccs1)N1CC[C@H](Oc2cccnn2)C1. The maximum Gasteiger partial charge on any atom is 0.233 e. The Balaban J connectivity index is 1.53. The normalized spacial score (nSPS) is 18.2. The molecule has 3 rings (SSSR count). The molecule has 0 unspecified atom stereocenters. The van der Waals surface area contributed by atoms with Crippen LogP contribution in [0.3, 0.4) is 0 Å². The third kappa shape index (κ3) is 3.14. The lowest BCUT2D eigenvalue weighted by Crippen LogP contribution is -2.32. The predicted molar refractivity (Wildman–Crippen MR) is 75.7 cm³/mol. The van der Waals surface area contributed by atoms with Crippen molar-refractivity contribution in [3.05, 3.63) is 40.7 Å². The Bertz CT molecular complexity index is 559. The summed E-state index contributed by atoms with van der Waals surface area (Å²) in [5.74, 6) is 0.683. The van der Waals surface area contributed by atoms with E-state index in [-0.39, 0.29) is 12.0 Å². The third-order valence-corrected chi connectivity index (χ3v) is 4.11. The van der Waals surface area contributed by atoms with Crippen LogP contribution in [0.15, 0.2) is 35.8 Å². The molecule has 1 aliphatic rings. The van der Waals surface area contributed by atoms with Gasteiger partial charge in [0, 0.05) is 30.1 Å². The summed E-state index contributed by atoms with van der Waals surface area (Å²) in [6, 6.07) is 7.53. The van der Waals surface area contributed by atoms with E-state index in [0.717, 1.165) is 17.8 Å². The Morgan fingerprint density at radius 1 is 1.45 bits per heavy atom. The summed E-state index contributed by atoms with van der Waals surface area (Å²) in [5, 5.41) is 9.67. The van der Waals surface area contributed by atoms with E-state index < -0.39 is 0 Å². The maximum absolute atomic E-state index is 12.2. The molecule has 2 aromatic rings. The van der Waals surface area contributed by atoms with E-state index in [9.17, 15) is 4.79 Å². The zero-order chi connectivity index (χ0) is 13.8. The second-order valence-corrected chi connectivity index (χ2v) is 5.72. The monoisotopic (exact) mass is 289 g/mol. The molecule has 0 N–H and O–H groups in total. The Hall–Kier alpha value is -1.95. The van der Waals surface area contributed by atoms with Gasteiger partial charge in [0.15, 0.2) is 0 Å². The second-order valence-electron chi connectivity index (χ2n) is 4.69. The van der Waals surface area contributed by atoms with Crippen LogP contribution in [-0.2, 0) is 11.2 Å². The predicted octanol–water partition coefficient (Wildman–Crippen LogP) is 1.76. The molecule has 1 aliphatic heterocycles. The number of hydrogen-bond acceptors (Lipinski definition) is 5. The molecule has 2 aromatic heterocycles. The number of aromatic nitrogens is 2. The molecule has 6 heteroatoms. The van der Waals surface area contributed by atoms with Crippen molar-refractivity contribution in [2.24, 2.45) is 0 Å². The first kappa shape index (κ1) is 13.1. The van der Waals surface area contributed by atoms with Gasteiger partial charge in [-0.25, -0.2) is 0 Å². The first-order valence-corrected chi connectivity index (χ1v) is 7.44. The van der Waals surface area contributed by atoms with Gasteiger partial charge >= 0.3 is 0 Å². The molecule has 1 fully saturated rings. The van der Waals surface area contributed by atoms with Crippen molar-refractivity contribution in [2.45, 2.75) is 18.9 Å². The number of carbonyl (C=O) groups excluding carboxylic acids is 1. The van der Waals surface area contributed by atoms with Gasteiger partial charge in [0.1, 0.15) is 6.10 Å². The molecule has 0 aromatic carbocycles. The zero-order valence-corrected chi connectivity index (χ0v) is 11.8. The summed E-state index contributed by atoms with van der Waals surface area (Å²) in [4.78, 5) is 15.1. The summed E-state index contributed by atoms with van der Waals surface area (Å²) in [6.07, 6.45) is 2.94. The molecule has 5 nitrogen and oxygen atoms in total. The maximum atomic E-state index is 12.2. The molecule has 0 radical (unpaired) electrons. The van der Waals surface area contributed by atoms with Crippen LogP contribution in [0.2, 0.25) is 0 Å². The number of nitrogens with zero attached hydrogens (tertiary/aromatic N) is 3. The molecule has 20 heavy (non-hydrogen) atoms. The summed E-state index contributed by atoms with van der Waals surface area (Å²) >= 11 is 1.62. The van der Waals surface area contributed by atoms with Crippen LogP contribution in [0.5, 0.6) is 5.88 Å². The van der Waals surface area contributed by atoms with E-state index in [1.165, 1.54) is 0 Å². The fraction of sp³-hybridized carbons (Fsp3) is 0.357. The molecule has 104 valence electrons. The third-order valence-electron chi connectivity index (χ3n) is 3.24. The highest BCUT2D eigenvalue weighted by atomic mass is 32.1. The van der Waals surface area contributed by atoms with Crippen molar-refractivity contribution in [2.75, 3.05) is 13.1 Å². The van der Waals surface area contributed by atoms with Gasteiger partial charge in [0.2, 0.25) is 11.8 Å². The van der Waals surface area contributed by atoms with Crippen LogP contribution >= 0.6 is 11.3 Å². The highest BCUT2D eigenvalue weighted by molar-refractivity contribution is 7.10. The van der Waals surface area contributed by atoms with Crippen LogP contribution in [0, 0.1) is 0 Å². The average Bonchev–Trinajstić information content (AvgIpc) is 3.11. The van der Waals surface area contributed by atoms with Gasteiger partial charge in [-0.3, -0.25) is 4.79 Å². The Kier molecular flexibility index (Phi) is 3.92. The van der Waals surface area contributed by atoms with Crippen molar-refractivity contribution >= 4 is 17.2 Å². The number of rotatable bonds is 4.